The molecule has 0 N–H and O–H groups in total. The van der Waals surface area contributed by atoms with Gasteiger partial charge in [-0.25, -0.2) is 9.98 Å². The van der Waals surface area contributed by atoms with Crippen LogP contribution in [0.25, 0.3) is 0 Å². The predicted molar refractivity (Wildman–Crippen MR) is 64.5 cm³/mol. The Bertz CT molecular complexity index is 441. The molecular weight excluding hydrogens is 220 g/mol. The minimum absolute atomic E-state index is 0.00838. The van der Waals surface area contributed by atoms with E-state index in [1.165, 1.54) is 18.7 Å². The molecule has 2 rings (SSSR count). The van der Waals surface area contributed by atoms with Crippen molar-refractivity contribution in [2.24, 2.45) is 4.99 Å². The Morgan fingerprint density at radius 1 is 1.47 bits per heavy atom. The first-order valence-electron chi connectivity index (χ1n) is 5.56. The number of piperidine rings is 1. The maximum Gasteiger partial charge on any atom is 0.287 e. The molecule has 0 saturated carbocycles. The van der Waals surface area contributed by atoms with Crippen LogP contribution in [0.1, 0.15) is 19.3 Å². The molecule has 1 fully saturated rings. The standard InChI is InChI=1S/C11H14N4O2/c1-14-7-3-2-4-11(14)13-10-6-5-9(8-12-10)15(16)17/h5-6,8H,2-4,7H2,1H3. The molecule has 0 atom stereocenters. The first kappa shape index (κ1) is 11.5. The fraction of sp³-hybridized carbons (Fsp3) is 0.455. The maximum absolute atomic E-state index is 10.5. The van der Waals surface area contributed by atoms with Crippen molar-refractivity contribution in [2.75, 3.05) is 13.6 Å². The van der Waals surface area contributed by atoms with Crippen molar-refractivity contribution in [3.8, 4) is 0 Å². The number of likely N-dealkylation sites (tertiary alicyclic amines) is 1. The number of aromatic nitrogens is 1. The van der Waals surface area contributed by atoms with E-state index < -0.39 is 4.92 Å². The third-order valence-corrected chi connectivity index (χ3v) is 2.77. The van der Waals surface area contributed by atoms with E-state index in [0.29, 0.717) is 5.82 Å². The molecule has 90 valence electrons. The molecular formula is C11H14N4O2. The number of nitrogens with zero attached hydrogens (tertiary/aromatic N) is 4. The number of amidine groups is 1. The molecule has 0 unspecified atom stereocenters. The number of pyridine rings is 1. The second-order valence-electron chi connectivity index (χ2n) is 4.04. The summed E-state index contributed by atoms with van der Waals surface area (Å²) in [5, 5.41) is 10.5. The van der Waals surface area contributed by atoms with E-state index in [1.54, 1.807) is 6.07 Å². The second kappa shape index (κ2) is 4.90. The molecule has 1 saturated heterocycles. The minimum Gasteiger partial charge on any atom is -0.363 e. The predicted octanol–water partition coefficient (Wildman–Crippen LogP) is 2.14. The lowest BCUT2D eigenvalue weighted by Crippen LogP contribution is -2.31. The van der Waals surface area contributed by atoms with E-state index in [4.69, 9.17) is 0 Å². The first-order valence-corrected chi connectivity index (χ1v) is 5.56. The molecule has 0 bridgehead atoms. The lowest BCUT2D eigenvalue weighted by Gasteiger charge is -2.25. The number of aliphatic imine (C=N–C) groups is 1. The van der Waals surface area contributed by atoms with Crippen LogP contribution in [-0.2, 0) is 0 Å². The summed E-state index contributed by atoms with van der Waals surface area (Å²) < 4.78 is 0. The zero-order valence-electron chi connectivity index (χ0n) is 9.67. The molecule has 1 aromatic heterocycles. The van der Waals surface area contributed by atoms with Gasteiger partial charge in [0, 0.05) is 26.1 Å². The largest absolute Gasteiger partial charge is 0.363 e. The Labute approximate surface area is 99.1 Å². The topological polar surface area (TPSA) is 71.6 Å². The van der Waals surface area contributed by atoms with Gasteiger partial charge in [-0.3, -0.25) is 10.1 Å². The highest BCUT2D eigenvalue weighted by atomic mass is 16.6. The van der Waals surface area contributed by atoms with Crippen molar-refractivity contribution in [1.29, 1.82) is 0 Å². The van der Waals surface area contributed by atoms with Gasteiger partial charge in [-0.2, -0.15) is 0 Å². The van der Waals surface area contributed by atoms with E-state index in [2.05, 4.69) is 14.9 Å². The summed E-state index contributed by atoms with van der Waals surface area (Å²) in [4.78, 5) is 20.5. The van der Waals surface area contributed by atoms with Gasteiger partial charge in [0.15, 0.2) is 5.82 Å². The Kier molecular flexibility index (Phi) is 3.32. The van der Waals surface area contributed by atoms with Crippen LogP contribution in [0.4, 0.5) is 11.5 Å². The summed E-state index contributed by atoms with van der Waals surface area (Å²) >= 11 is 0. The zero-order chi connectivity index (χ0) is 12.3. The monoisotopic (exact) mass is 234 g/mol. The van der Waals surface area contributed by atoms with Crippen LogP contribution in [0, 0.1) is 10.1 Å². The van der Waals surface area contributed by atoms with Gasteiger partial charge in [-0.15, -0.1) is 0 Å². The number of rotatable bonds is 2. The van der Waals surface area contributed by atoms with Crippen LogP contribution >= 0.6 is 0 Å². The average Bonchev–Trinajstić information content (AvgIpc) is 2.33. The van der Waals surface area contributed by atoms with E-state index in [9.17, 15) is 10.1 Å². The van der Waals surface area contributed by atoms with Gasteiger partial charge < -0.3 is 4.90 Å². The maximum atomic E-state index is 10.5. The van der Waals surface area contributed by atoms with Crippen molar-refractivity contribution < 1.29 is 4.92 Å². The van der Waals surface area contributed by atoms with Gasteiger partial charge in [0.05, 0.1) is 4.92 Å². The fourth-order valence-electron chi connectivity index (χ4n) is 1.78. The summed E-state index contributed by atoms with van der Waals surface area (Å²) in [7, 11) is 2.00. The van der Waals surface area contributed by atoms with Crippen molar-refractivity contribution in [3.63, 3.8) is 0 Å². The third kappa shape index (κ3) is 2.77. The van der Waals surface area contributed by atoms with Crippen molar-refractivity contribution >= 4 is 17.3 Å². The third-order valence-electron chi connectivity index (χ3n) is 2.77. The highest BCUT2D eigenvalue weighted by Crippen LogP contribution is 2.17. The van der Waals surface area contributed by atoms with Crippen LogP contribution in [0.15, 0.2) is 23.3 Å². The molecule has 2 heterocycles. The van der Waals surface area contributed by atoms with Crippen LogP contribution in [0.2, 0.25) is 0 Å². The summed E-state index contributed by atoms with van der Waals surface area (Å²) in [5.41, 5.74) is -0.00838. The normalized spacial score (nSPS) is 18.4. The average molecular weight is 234 g/mol. The van der Waals surface area contributed by atoms with E-state index in [0.717, 1.165) is 25.2 Å². The molecule has 1 aromatic rings. The van der Waals surface area contributed by atoms with Crippen molar-refractivity contribution in [2.45, 2.75) is 19.3 Å². The molecule has 0 aromatic carbocycles. The van der Waals surface area contributed by atoms with Gasteiger partial charge in [-0.05, 0) is 18.9 Å². The smallest absolute Gasteiger partial charge is 0.287 e. The Hall–Kier alpha value is -1.98. The molecule has 0 radical (unpaired) electrons. The van der Waals surface area contributed by atoms with Gasteiger partial charge >= 0.3 is 0 Å². The number of nitro groups is 1. The van der Waals surface area contributed by atoms with Gasteiger partial charge in [0.1, 0.15) is 12.0 Å². The summed E-state index contributed by atoms with van der Waals surface area (Å²) in [6.45, 7) is 1.01. The summed E-state index contributed by atoms with van der Waals surface area (Å²) in [6, 6.07) is 3.00. The van der Waals surface area contributed by atoms with Crippen LogP contribution in [-0.4, -0.2) is 34.2 Å². The molecule has 6 nitrogen and oxygen atoms in total. The molecule has 0 spiro atoms. The van der Waals surface area contributed by atoms with Gasteiger partial charge in [0.2, 0.25) is 0 Å². The molecule has 1 aliphatic heterocycles. The Morgan fingerprint density at radius 2 is 2.29 bits per heavy atom. The summed E-state index contributed by atoms with van der Waals surface area (Å²) in [6.07, 6.45) is 4.50. The Morgan fingerprint density at radius 3 is 2.88 bits per heavy atom. The number of hydrogen-bond acceptors (Lipinski definition) is 4. The van der Waals surface area contributed by atoms with Crippen LogP contribution < -0.4 is 0 Å². The van der Waals surface area contributed by atoms with Crippen LogP contribution in [0.5, 0.6) is 0 Å². The number of hydrogen-bond donors (Lipinski definition) is 0. The van der Waals surface area contributed by atoms with Gasteiger partial charge in [0.25, 0.3) is 5.69 Å². The van der Waals surface area contributed by atoms with Gasteiger partial charge in [-0.1, -0.05) is 0 Å². The quantitative estimate of drug-likeness (QED) is 0.580. The summed E-state index contributed by atoms with van der Waals surface area (Å²) in [5.74, 6) is 1.52. The van der Waals surface area contributed by atoms with E-state index >= 15 is 0 Å². The fourth-order valence-corrected chi connectivity index (χ4v) is 1.78. The highest BCUT2D eigenvalue weighted by Gasteiger charge is 2.12. The molecule has 1 aliphatic rings. The van der Waals surface area contributed by atoms with Crippen LogP contribution in [0.3, 0.4) is 0 Å². The minimum atomic E-state index is -0.462. The van der Waals surface area contributed by atoms with Crippen molar-refractivity contribution in [1.82, 2.24) is 9.88 Å². The highest BCUT2D eigenvalue weighted by molar-refractivity contribution is 5.84. The second-order valence-corrected chi connectivity index (χ2v) is 4.04. The molecule has 0 aliphatic carbocycles. The van der Waals surface area contributed by atoms with Crippen molar-refractivity contribution in [3.05, 3.63) is 28.4 Å². The SMILES string of the molecule is CN1CCCCC1=Nc1ccc([N+](=O)[O-])cn1. The van der Waals surface area contributed by atoms with E-state index in [-0.39, 0.29) is 5.69 Å². The molecule has 0 amide bonds. The van der Waals surface area contributed by atoms with E-state index in [1.807, 2.05) is 7.05 Å². The lowest BCUT2D eigenvalue weighted by atomic mass is 10.1. The Balaban J connectivity index is 2.17. The zero-order valence-corrected chi connectivity index (χ0v) is 9.67. The first-order chi connectivity index (χ1) is 8.16. The molecule has 17 heavy (non-hydrogen) atoms. The molecule has 6 heteroatoms. The lowest BCUT2D eigenvalue weighted by molar-refractivity contribution is -0.385.